The third kappa shape index (κ3) is 4.97. The van der Waals surface area contributed by atoms with E-state index in [1.807, 2.05) is 48.2 Å². The molecule has 1 N–H and O–H groups in total. The maximum absolute atomic E-state index is 13.9. The van der Waals surface area contributed by atoms with Gasteiger partial charge in [-0.25, -0.2) is 0 Å². The molecule has 1 aliphatic rings. The lowest BCUT2D eigenvalue weighted by atomic mass is 10.0. The summed E-state index contributed by atoms with van der Waals surface area (Å²) < 4.78 is 6.71. The molecule has 2 atom stereocenters. The number of aryl methyl sites for hydroxylation is 1. The van der Waals surface area contributed by atoms with Gasteiger partial charge in [-0.15, -0.1) is 0 Å². The van der Waals surface area contributed by atoms with Crippen LogP contribution in [0.4, 0.5) is 5.69 Å². The van der Waals surface area contributed by atoms with E-state index in [1.165, 1.54) is 0 Å². The summed E-state index contributed by atoms with van der Waals surface area (Å²) in [5, 5.41) is 5.15. The monoisotopic (exact) mass is 522 g/mol. The fourth-order valence-corrected chi connectivity index (χ4v) is 5.13. The summed E-state index contributed by atoms with van der Waals surface area (Å²) in [5.41, 5.74) is 2.94. The molecule has 0 radical (unpaired) electrons. The Morgan fingerprint density at radius 2 is 2.00 bits per heavy atom. The van der Waals surface area contributed by atoms with E-state index < -0.39 is 6.04 Å². The van der Waals surface area contributed by atoms with Crippen LogP contribution in [0.1, 0.15) is 44.2 Å². The molecule has 1 heterocycles. The minimum Gasteiger partial charge on any atom is -0.496 e. The molecule has 0 aromatic heterocycles. The molecule has 3 aromatic rings. The standard InChI is InChI=1S/C28H31BrN2O3/c1-4-7-18(2)27(32)30-24-14-10-19-8-5-6-9-25(19)31(28(24)33)17-23-22-13-12-21(29)16-20(22)11-15-26(23)34-3/h5-6,8-9,11-13,15-16,18,24H,4,7,10,14,17H2,1-3H3,(H,30,32)/t18-,24+/m1/s1. The molecule has 3 aromatic carbocycles. The first-order chi connectivity index (χ1) is 16.4. The van der Waals surface area contributed by atoms with Crippen molar-refractivity contribution < 1.29 is 14.3 Å². The zero-order chi connectivity index (χ0) is 24.2. The first kappa shape index (κ1) is 24.3. The molecule has 5 nitrogen and oxygen atoms in total. The molecule has 6 heteroatoms. The number of nitrogens with one attached hydrogen (secondary N) is 1. The van der Waals surface area contributed by atoms with E-state index in [0.717, 1.165) is 57.1 Å². The van der Waals surface area contributed by atoms with E-state index in [1.54, 1.807) is 7.11 Å². The number of halogens is 1. The van der Waals surface area contributed by atoms with Gasteiger partial charge >= 0.3 is 0 Å². The Balaban J connectivity index is 1.74. The maximum Gasteiger partial charge on any atom is 0.249 e. The predicted octanol–water partition coefficient (Wildman–Crippen LogP) is 6.01. The minimum absolute atomic E-state index is 0.0568. The Hall–Kier alpha value is -2.86. The number of fused-ring (bicyclic) bond motifs is 2. The van der Waals surface area contributed by atoms with Crippen molar-refractivity contribution in [2.75, 3.05) is 12.0 Å². The van der Waals surface area contributed by atoms with Gasteiger partial charge in [0.15, 0.2) is 0 Å². The number of amides is 2. The van der Waals surface area contributed by atoms with Crippen molar-refractivity contribution in [2.45, 2.75) is 52.1 Å². The molecule has 178 valence electrons. The predicted molar refractivity (Wildman–Crippen MR) is 140 cm³/mol. The zero-order valence-corrected chi connectivity index (χ0v) is 21.5. The van der Waals surface area contributed by atoms with E-state index >= 15 is 0 Å². The maximum atomic E-state index is 13.9. The highest BCUT2D eigenvalue weighted by atomic mass is 79.9. The van der Waals surface area contributed by atoms with E-state index in [-0.39, 0.29) is 17.7 Å². The summed E-state index contributed by atoms with van der Waals surface area (Å²) in [4.78, 5) is 28.5. The molecule has 4 rings (SSSR count). The zero-order valence-electron chi connectivity index (χ0n) is 19.9. The van der Waals surface area contributed by atoms with Crippen molar-refractivity contribution >= 4 is 44.2 Å². The average molecular weight is 523 g/mol. The normalized spacial score (nSPS) is 16.6. The number of rotatable bonds is 7. The van der Waals surface area contributed by atoms with Crippen LogP contribution in [0, 0.1) is 5.92 Å². The summed E-state index contributed by atoms with van der Waals surface area (Å²) in [6.07, 6.45) is 3.04. The smallest absolute Gasteiger partial charge is 0.249 e. The second-order valence-corrected chi connectivity index (χ2v) is 9.87. The van der Waals surface area contributed by atoms with Crippen molar-refractivity contribution in [2.24, 2.45) is 5.92 Å². The molecule has 0 saturated carbocycles. The third-order valence-electron chi connectivity index (χ3n) is 6.62. The van der Waals surface area contributed by atoms with Crippen LogP contribution >= 0.6 is 15.9 Å². The van der Waals surface area contributed by atoms with Gasteiger partial charge in [0.05, 0.1) is 13.7 Å². The molecule has 0 fully saturated rings. The van der Waals surface area contributed by atoms with Crippen LogP contribution in [0.25, 0.3) is 10.8 Å². The highest BCUT2D eigenvalue weighted by molar-refractivity contribution is 9.10. The lowest BCUT2D eigenvalue weighted by molar-refractivity contribution is -0.130. The first-order valence-corrected chi connectivity index (χ1v) is 12.7. The van der Waals surface area contributed by atoms with E-state index in [2.05, 4.69) is 46.4 Å². The van der Waals surface area contributed by atoms with E-state index in [4.69, 9.17) is 4.74 Å². The van der Waals surface area contributed by atoms with Crippen LogP contribution < -0.4 is 15.0 Å². The van der Waals surface area contributed by atoms with E-state index in [9.17, 15) is 9.59 Å². The number of hydrogen-bond donors (Lipinski definition) is 1. The van der Waals surface area contributed by atoms with Crippen LogP contribution in [-0.4, -0.2) is 25.0 Å². The Kier molecular flexibility index (Phi) is 7.57. The number of para-hydroxylation sites is 1. The Morgan fingerprint density at radius 1 is 1.21 bits per heavy atom. The van der Waals surface area contributed by atoms with Gasteiger partial charge in [0.25, 0.3) is 0 Å². The van der Waals surface area contributed by atoms with Gasteiger partial charge in [0.1, 0.15) is 11.8 Å². The van der Waals surface area contributed by atoms with Crippen molar-refractivity contribution in [3.05, 3.63) is 70.2 Å². The number of carbonyl (C=O) groups is 2. The van der Waals surface area contributed by atoms with Gasteiger partial charge in [-0.3, -0.25) is 9.59 Å². The van der Waals surface area contributed by atoms with Crippen LogP contribution in [0.15, 0.2) is 59.1 Å². The second-order valence-electron chi connectivity index (χ2n) is 8.95. The summed E-state index contributed by atoms with van der Waals surface area (Å²) in [6, 6.07) is 17.5. The Labute approximate surface area is 209 Å². The Bertz CT molecular complexity index is 1210. The number of benzene rings is 3. The lowest BCUT2D eigenvalue weighted by Gasteiger charge is -2.28. The quantitative estimate of drug-likeness (QED) is 0.413. The van der Waals surface area contributed by atoms with Crippen molar-refractivity contribution in [1.29, 1.82) is 0 Å². The highest BCUT2D eigenvalue weighted by Gasteiger charge is 2.33. The number of nitrogens with zero attached hydrogens (tertiary/aromatic N) is 1. The molecule has 0 unspecified atom stereocenters. The van der Waals surface area contributed by atoms with E-state index in [0.29, 0.717) is 13.0 Å². The fraction of sp³-hybridized carbons (Fsp3) is 0.357. The molecule has 0 spiro atoms. The number of carbonyl (C=O) groups excluding carboxylic acids is 2. The van der Waals surface area contributed by atoms with Gasteiger partial charge in [0.2, 0.25) is 11.8 Å². The highest BCUT2D eigenvalue weighted by Crippen LogP contribution is 2.35. The van der Waals surface area contributed by atoms with Crippen LogP contribution in [0.2, 0.25) is 0 Å². The van der Waals surface area contributed by atoms with Crippen molar-refractivity contribution in [1.82, 2.24) is 5.32 Å². The molecular formula is C28H31BrN2O3. The number of methoxy groups -OCH3 is 1. The number of hydrogen-bond acceptors (Lipinski definition) is 3. The lowest BCUT2D eigenvalue weighted by Crippen LogP contribution is -2.49. The Morgan fingerprint density at radius 3 is 2.76 bits per heavy atom. The fourth-order valence-electron chi connectivity index (χ4n) is 4.75. The van der Waals surface area contributed by atoms with Crippen molar-refractivity contribution in [3.8, 4) is 5.75 Å². The van der Waals surface area contributed by atoms with Crippen LogP contribution in [0.5, 0.6) is 5.75 Å². The largest absolute Gasteiger partial charge is 0.496 e. The summed E-state index contributed by atoms with van der Waals surface area (Å²) in [5.74, 6) is 0.479. The van der Waals surface area contributed by atoms with Gasteiger partial charge in [-0.1, -0.05) is 66.5 Å². The van der Waals surface area contributed by atoms with Gasteiger partial charge < -0.3 is 15.0 Å². The first-order valence-electron chi connectivity index (χ1n) is 11.9. The molecule has 1 aliphatic heterocycles. The summed E-state index contributed by atoms with van der Waals surface area (Å²) in [6.45, 7) is 4.34. The van der Waals surface area contributed by atoms with Crippen molar-refractivity contribution in [3.63, 3.8) is 0 Å². The molecule has 0 bridgehead atoms. The second kappa shape index (κ2) is 10.6. The SMILES string of the molecule is CCC[C@@H](C)C(=O)N[C@H]1CCc2ccccc2N(Cc2c(OC)ccc3cc(Br)ccc23)C1=O. The third-order valence-corrected chi connectivity index (χ3v) is 7.11. The van der Waals surface area contributed by atoms with Crippen LogP contribution in [0.3, 0.4) is 0 Å². The van der Waals surface area contributed by atoms with Gasteiger partial charge in [-0.2, -0.15) is 0 Å². The molecule has 34 heavy (non-hydrogen) atoms. The number of anilines is 1. The molecule has 2 amide bonds. The number of ether oxygens (including phenoxy) is 1. The molecule has 0 aliphatic carbocycles. The topological polar surface area (TPSA) is 58.6 Å². The minimum atomic E-state index is -0.561. The summed E-state index contributed by atoms with van der Waals surface area (Å²) >= 11 is 3.55. The van der Waals surface area contributed by atoms with Crippen LogP contribution in [-0.2, 0) is 22.6 Å². The van der Waals surface area contributed by atoms with Gasteiger partial charge in [-0.05, 0) is 59.9 Å². The average Bonchev–Trinajstić information content (AvgIpc) is 2.96. The molecule has 0 saturated heterocycles. The molecular weight excluding hydrogens is 492 g/mol. The van der Waals surface area contributed by atoms with Gasteiger partial charge in [0, 0.05) is 21.6 Å². The summed E-state index contributed by atoms with van der Waals surface area (Å²) in [7, 11) is 1.65.